The van der Waals surface area contributed by atoms with Gasteiger partial charge in [0.15, 0.2) is 0 Å². The molecule has 1 aliphatic rings. The first-order chi connectivity index (χ1) is 6.68. The number of aromatic hydroxyl groups is 1. The van der Waals surface area contributed by atoms with E-state index in [-0.39, 0.29) is 44.1 Å². The van der Waals surface area contributed by atoms with Crippen LogP contribution in [-0.4, -0.2) is 25.4 Å². The van der Waals surface area contributed by atoms with Crippen LogP contribution in [-0.2, 0) is 15.1 Å². The molecule has 1 heterocycles. The first-order valence-corrected chi connectivity index (χ1v) is 4.61. The van der Waals surface area contributed by atoms with Gasteiger partial charge in [-0.05, 0) is 18.6 Å². The summed E-state index contributed by atoms with van der Waals surface area (Å²) in [6, 6.07) is 5.61. The standard InChI is InChI=1S/C11H14O3.Ac/c1-8-3-4-9(10(12)5-8)11(6-13-2)7-14-11;/h3-5,12H,6-7H2,1-2H3;. The molecule has 0 spiro atoms. The van der Waals surface area contributed by atoms with Gasteiger partial charge in [0.05, 0.1) is 13.2 Å². The zero-order chi connectivity index (χ0) is 10.2. The van der Waals surface area contributed by atoms with Gasteiger partial charge in [0.25, 0.3) is 0 Å². The molecule has 3 nitrogen and oxygen atoms in total. The van der Waals surface area contributed by atoms with Crippen molar-refractivity contribution in [1.29, 1.82) is 0 Å². The van der Waals surface area contributed by atoms with Crippen LogP contribution < -0.4 is 0 Å². The van der Waals surface area contributed by atoms with Crippen LogP contribution in [0.3, 0.4) is 0 Å². The van der Waals surface area contributed by atoms with E-state index in [1.807, 2.05) is 19.1 Å². The van der Waals surface area contributed by atoms with Gasteiger partial charge >= 0.3 is 0 Å². The van der Waals surface area contributed by atoms with Gasteiger partial charge in [-0.15, -0.1) is 0 Å². The third-order valence-corrected chi connectivity index (χ3v) is 2.51. The fourth-order valence-electron chi connectivity index (χ4n) is 1.66. The molecule has 0 aromatic heterocycles. The van der Waals surface area contributed by atoms with E-state index in [0.29, 0.717) is 19.0 Å². The zero-order valence-corrected chi connectivity index (χ0v) is 13.7. The van der Waals surface area contributed by atoms with Crippen molar-refractivity contribution >= 4 is 0 Å². The Labute approximate surface area is 125 Å². The third kappa shape index (κ3) is 2.74. The number of phenols is 1. The molecule has 0 bridgehead atoms. The Hall–Kier alpha value is 0.382. The molecular weight excluding hydrogens is 407 g/mol. The predicted octanol–water partition coefficient (Wildman–Crippen LogP) is 1.57. The second kappa shape index (κ2) is 5.14. The number of hydrogen-bond donors (Lipinski definition) is 1. The van der Waals surface area contributed by atoms with Gasteiger partial charge < -0.3 is 14.6 Å². The van der Waals surface area contributed by atoms with E-state index >= 15 is 0 Å². The van der Waals surface area contributed by atoms with Gasteiger partial charge in [0, 0.05) is 56.7 Å². The van der Waals surface area contributed by atoms with Crippen molar-refractivity contribution in [2.24, 2.45) is 0 Å². The van der Waals surface area contributed by atoms with Crippen LogP contribution in [0.25, 0.3) is 0 Å². The zero-order valence-electron chi connectivity index (χ0n) is 8.99. The Morgan fingerprint density at radius 2 is 2.20 bits per heavy atom. The smallest absolute Gasteiger partial charge is 0.143 e. The second-order valence-corrected chi connectivity index (χ2v) is 3.74. The van der Waals surface area contributed by atoms with Gasteiger partial charge in [-0.3, -0.25) is 0 Å². The fourth-order valence-corrected chi connectivity index (χ4v) is 1.66. The van der Waals surface area contributed by atoms with Gasteiger partial charge in [0.1, 0.15) is 11.4 Å². The minimum Gasteiger partial charge on any atom is -0.508 e. The molecule has 1 atom stereocenters. The molecule has 1 aromatic rings. The summed E-state index contributed by atoms with van der Waals surface area (Å²) in [5.74, 6) is 0.291. The van der Waals surface area contributed by atoms with Gasteiger partial charge in [-0.25, -0.2) is 0 Å². The minimum absolute atomic E-state index is 0. The van der Waals surface area contributed by atoms with Crippen molar-refractivity contribution in [3.05, 3.63) is 29.3 Å². The van der Waals surface area contributed by atoms with Crippen LogP contribution in [0.15, 0.2) is 18.2 Å². The van der Waals surface area contributed by atoms with E-state index in [2.05, 4.69) is 0 Å². The maximum atomic E-state index is 9.76. The topological polar surface area (TPSA) is 42.0 Å². The average Bonchev–Trinajstić information content (AvgIpc) is 2.86. The van der Waals surface area contributed by atoms with Gasteiger partial charge in [-0.2, -0.15) is 0 Å². The summed E-state index contributed by atoms with van der Waals surface area (Å²) in [5.41, 5.74) is 1.47. The molecule has 15 heavy (non-hydrogen) atoms. The SMILES string of the molecule is COCC1(c2ccc(C)cc2O)CO1.[Ac]. The van der Waals surface area contributed by atoms with Crippen molar-refractivity contribution < 1.29 is 58.6 Å². The molecule has 2 rings (SSSR count). The monoisotopic (exact) mass is 421 g/mol. The number of phenolic OH excluding ortho intramolecular Hbond substituents is 1. The second-order valence-electron chi connectivity index (χ2n) is 3.74. The van der Waals surface area contributed by atoms with Crippen LogP contribution in [0.1, 0.15) is 11.1 Å². The minimum atomic E-state index is -0.396. The number of rotatable bonds is 3. The molecule has 0 aliphatic carbocycles. The molecule has 1 aromatic carbocycles. The Bertz CT molecular complexity index is 348. The number of methoxy groups -OCH3 is 1. The summed E-state index contributed by atoms with van der Waals surface area (Å²) in [6.45, 7) is 3.06. The average molecular weight is 421 g/mol. The van der Waals surface area contributed by atoms with E-state index in [1.165, 1.54) is 0 Å². The molecule has 79 valence electrons. The Kier molecular flexibility index (Phi) is 4.61. The number of aryl methyl sites for hydroxylation is 1. The van der Waals surface area contributed by atoms with Crippen molar-refractivity contribution in [2.75, 3.05) is 20.3 Å². The summed E-state index contributed by atoms with van der Waals surface area (Å²) in [5, 5.41) is 9.76. The summed E-state index contributed by atoms with van der Waals surface area (Å²) in [7, 11) is 1.63. The van der Waals surface area contributed by atoms with Crippen LogP contribution in [0, 0.1) is 51.0 Å². The Morgan fingerprint density at radius 3 is 2.67 bits per heavy atom. The number of benzene rings is 1. The maximum absolute atomic E-state index is 9.76. The molecule has 1 saturated heterocycles. The normalized spacial score (nSPS) is 23.3. The Balaban J connectivity index is 0.00000112. The molecule has 0 amide bonds. The van der Waals surface area contributed by atoms with Crippen LogP contribution >= 0.6 is 0 Å². The quantitative estimate of drug-likeness (QED) is 0.754. The summed E-state index contributed by atoms with van der Waals surface area (Å²) in [6.07, 6.45) is 0. The predicted molar refractivity (Wildman–Crippen MR) is 52.3 cm³/mol. The van der Waals surface area contributed by atoms with Gasteiger partial charge in [-0.1, -0.05) is 12.1 Å². The molecule has 1 N–H and O–H groups in total. The molecule has 1 fully saturated rings. The number of epoxide rings is 1. The van der Waals surface area contributed by atoms with Crippen LogP contribution in [0.2, 0.25) is 0 Å². The van der Waals surface area contributed by atoms with E-state index in [1.54, 1.807) is 13.2 Å². The molecule has 1 aliphatic heterocycles. The first kappa shape index (κ1) is 13.4. The largest absolute Gasteiger partial charge is 0.508 e. The molecule has 1 unspecified atom stereocenters. The van der Waals surface area contributed by atoms with E-state index < -0.39 is 5.60 Å². The molecule has 1 radical (unpaired) electrons. The summed E-state index contributed by atoms with van der Waals surface area (Å²) >= 11 is 0. The number of hydrogen-bond acceptors (Lipinski definition) is 3. The van der Waals surface area contributed by atoms with Crippen molar-refractivity contribution in [2.45, 2.75) is 12.5 Å². The van der Waals surface area contributed by atoms with Gasteiger partial charge in [0.2, 0.25) is 0 Å². The Morgan fingerprint density at radius 1 is 1.53 bits per heavy atom. The van der Waals surface area contributed by atoms with E-state index in [4.69, 9.17) is 9.47 Å². The fraction of sp³-hybridized carbons (Fsp3) is 0.455. The maximum Gasteiger partial charge on any atom is 0.143 e. The molecule has 0 saturated carbocycles. The van der Waals surface area contributed by atoms with Crippen molar-refractivity contribution in [3.8, 4) is 5.75 Å². The van der Waals surface area contributed by atoms with E-state index in [0.717, 1.165) is 11.1 Å². The summed E-state index contributed by atoms with van der Waals surface area (Å²) < 4.78 is 10.4. The van der Waals surface area contributed by atoms with Crippen LogP contribution in [0.5, 0.6) is 5.75 Å². The molecular formula is C11H14AcO3. The first-order valence-electron chi connectivity index (χ1n) is 4.61. The number of ether oxygens (including phenoxy) is 2. The third-order valence-electron chi connectivity index (χ3n) is 2.51. The van der Waals surface area contributed by atoms with E-state index in [9.17, 15) is 5.11 Å². The van der Waals surface area contributed by atoms with Crippen LogP contribution in [0.4, 0.5) is 0 Å². The van der Waals surface area contributed by atoms with Crippen molar-refractivity contribution in [3.63, 3.8) is 0 Å². The van der Waals surface area contributed by atoms with Crippen molar-refractivity contribution in [1.82, 2.24) is 0 Å². The summed E-state index contributed by atoms with van der Waals surface area (Å²) in [4.78, 5) is 0. The molecule has 4 heteroatoms.